The predicted octanol–water partition coefficient (Wildman–Crippen LogP) is 0.934. The normalized spacial score (nSPS) is 10.3. The lowest BCUT2D eigenvalue weighted by Crippen LogP contribution is -2.25. The number of carbonyl (C=O) groups excluding carboxylic acids is 1. The van der Waals surface area contributed by atoms with Gasteiger partial charge in [0.05, 0.1) is 11.9 Å². The Morgan fingerprint density at radius 1 is 1.47 bits per heavy atom. The number of amides is 1. The Morgan fingerprint density at radius 3 is 2.79 bits per heavy atom. The van der Waals surface area contributed by atoms with Crippen LogP contribution in [-0.4, -0.2) is 41.2 Å². The molecule has 0 aromatic carbocycles. The first kappa shape index (κ1) is 15.2. The molecule has 1 amide bonds. The summed E-state index contributed by atoms with van der Waals surface area (Å²) in [6, 6.07) is 1.54. The molecule has 0 fully saturated rings. The van der Waals surface area contributed by atoms with Crippen molar-refractivity contribution in [3.63, 3.8) is 0 Å². The topological polar surface area (TPSA) is 67.2 Å². The zero-order valence-corrected chi connectivity index (χ0v) is 11.8. The van der Waals surface area contributed by atoms with E-state index in [4.69, 9.17) is 0 Å². The van der Waals surface area contributed by atoms with Gasteiger partial charge in [-0.1, -0.05) is 6.92 Å². The van der Waals surface area contributed by atoms with Gasteiger partial charge in [-0.2, -0.15) is 5.10 Å². The smallest absolute Gasteiger partial charge is 0.268 e. The van der Waals surface area contributed by atoms with Crippen molar-refractivity contribution in [1.29, 1.82) is 0 Å². The van der Waals surface area contributed by atoms with Crippen molar-refractivity contribution in [3.8, 4) is 0 Å². The lowest BCUT2D eigenvalue weighted by atomic mass is 10.3. The summed E-state index contributed by atoms with van der Waals surface area (Å²) < 4.78 is 1.39. The Hall–Kier alpha value is -1.85. The molecule has 0 saturated heterocycles. The van der Waals surface area contributed by atoms with Crippen LogP contribution in [0, 0.1) is 0 Å². The maximum atomic E-state index is 11.8. The molecule has 1 aromatic heterocycles. The van der Waals surface area contributed by atoms with Gasteiger partial charge in [0, 0.05) is 39.7 Å². The number of hydrogen-bond acceptors (Lipinski definition) is 4. The third-order valence-corrected chi connectivity index (χ3v) is 2.71. The molecule has 19 heavy (non-hydrogen) atoms. The van der Waals surface area contributed by atoms with E-state index in [2.05, 4.69) is 17.3 Å². The number of anilines is 1. The molecule has 0 aliphatic rings. The van der Waals surface area contributed by atoms with Crippen LogP contribution >= 0.6 is 0 Å². The number of aryl methyl sites for hydroxylation is 1. The van der Waals surface area contributed by atoms with E-state index >= 15 is 0 Å². The summed E-state index contributed by atoms with van der Waals surface area (Å²) in [5.74, 6) is 0.0641. The zero-order valence-electron chi connectivity index (χ0n) is 11.8. The molecule has 0 aliphatic carbocycles. The average Bonchev–Trinajstić information content (AvgIpc) is 2.38. The van der Waals surface area contributed by atoms with E-state index in [1.807, 2.05) is 0 Å². The van der Waals surface area contributed by atoms with E-state index in [1.165, 1.54) is 10.7 Å². The van der Waals surface area contributed by atoms with Gasteiger partial charge < -0.3 is 10.2 Å². The van der Waals surface area contributed by atoms with Gasteiger partial charge in [-0.25, -0.2) is 4.68 Å². The average molecular weight is 266 g/mol. The summed E-state index contributed by atoms with van der Waals surface area (Å²) in [6.07, 6.45) is 3.68. The Kier molecular flexibility index (Phi) is 6.05. The second kappa shape index (κ2) is 7.56. The molecule has 6 heteroatoms. The van der Waals surface area contributed by atoms with Crippen LogP contribution in [0.3, 0.4) is 0 Å². The summed E-state index contributed by atoms with van der Waals surface area (Å²) in [5, 5.41) is 7.20. The monoisotopic (exact) mass is 266 g/mol. The van der Waals surface area contributed by atoms with Crippen LogP contribution in [0.2, 0.25) is 0 Å². The molecule has 1 aromatic rings. The van der Waals surface area contributed by atoms with Crippen molar-refractivity contribution >= 4 is 11.6 Å². The van der Waals surface area contributed by atoms with E-state index in [1.54, 1.807) is 25.2 Å². The Morgan fingerprint density at radius 2 is 2.21 bits per heavy atom. The van der Waals surface area contributed by atoms with Gasteiger partial charge in [0.25, 0.3) is 5.56 Å². The Balaban J connectivity index is 2.51. The highest BCUT2D eigenvalue weighted by atomic mass is 16.2. The van der Waals surface area contributed by atoms with Gasteiger partial charge in [-0.3, -0.25) is 9.59 Å². The largest absolute Gasteiger partial charge is 0.384 e. The second-order valence-corrected chi connectivity index (χ2v) is 4.62. The number of aromatic nitrogens is 2. The van der Waals surface area contributed by atoms with Gasteiger partial charge in [-0.05, 0) is 12.8 Å². The van der Waals surface area contributed by atoms with Crippen molar-refractivity contribution in [2.24, 2.45) is 0 Å². The van der Waals surface area contributed by atoms with Gasteiger partial charge in [0.1, 0.15) is 0 Å². The summed E-state index contributed by atoms with van der Waals surface area (Å²) >= 11 is 0. The summed E-state index contributed by atoms with van der Waals surface area (Å²) in [6.45, 7) is 3.35. The molecule has 0 atom stereocenters. The van der Waals surface area contributed by atoms with Gasteiger partial charge in [-0.15, -0.1) is 0 Å². The molecule has 1 N–H and O–H groups in total. The van der Waals surface area contributed by atoms with Gasteiger partial charge in [0.2, 0.25) is 5.91 Å². The van der Waals surface area contributed by atoms with Crippen LogP contribution in [0.1, 0.15) is 26.2 Å². The fraction of sp³-hybridized carbons (Fsp3) is 0.615. The first-order chi connectivity index (χ1) is 9.04. The predicted molar refractivity (Wildman–Crippen MR) is 75.2 cm³/mol. The molecular weight excluding hydrogens is 244 g/mol. The lowest BCUT2D eigenvalue weighted by molar-refractivity contribution is -0.128. The standard InChI is InChI=1S/C13H22N4O2/c1-4-7-14-11-9-13(19)17(15-10-11)8-5-6-12(18)16(2)3/h9-10,14H,4-8H2,1-3H3. The number of carbonyl (C=O) groups is 1. The maximum absolute atomic E-state index is 11.8. The van der Waals surface area contributed by atoms with Crippen molar-refractivity contribution in [1.82, 2.24) is 14.7 Å². The van der Waals surface area contributed by atoms with Crippen LogP contribution in [0.25, 0.3) is 0 Å². The number of hydrogen-bond donors (Lipinski definition) is 1. The quantitative estimate of drug-likeness (QED) is 0.797. The van der Waals surface area contributed by atoms with E-state index in [0.717, 1.165) is 18.7 Å². The van der Waals surface area contributed by atoms with E-state index in [9.17, 15) is 9.59 Å². The summed E-state index contributed by atoms with van der Waals surface area (Å²) in [5.41, 5.74) is 0.603. The highest BCUT2D eigenvalue weighted by Gasteiger charge is 2.05. The highest BCUT2D eigenvalue weighted by Crippen LogP contribution is 2.01. The van der Waals surface area contributed by atoms with Crippen LogP contribution in [-0.2, 0) is 11.3 Å². The molecule has 106 valence electrons. The van der Waals surface area contributed by atoms with Crippen LogP contribution in [0.4, 0.5) is 5.69 Å². The van der Waals surface area contributed by atoms with E-state index in [-0.39, 0.29) is 11.5 Å². The highest BCUT2D eigenvalue weighted by molar-refractivity contribution is 5.75. The zero-order chi connectivity index (χ0) is 14.3. The third-order valence-electron chi connectivity index (χ3n) is 2.71. The molecule has 0 spiro atoms. The Bertz CT molecular complexity index is 468. The molecule has 0 aliphatic heterocycles. The molecule has 0 radical (unpaired) electrons. The molecule has 0 saturated carbocycles. The van der Waals surface area contributed by atoms with Crippen LogP contribution in [0.5, 0.6) is 0 Å². The van der Waals surface area contributed by atoms with Crippen molar-refractivity contribution in [2.75, 3.05) is 26.0 Å². The van der Waals surface area contributed by atoms with E-state index < -0.39 is 0 Å². The van der Waals surface area contributed by atoms with Crippen LogP contribution < -0.4 is 10.9 Å². The minimum atomic E-state index is -0.140. The third kappa shape index (κ3) is 5.11. The minimum absolute atomic E-state index is 0.0641. The SMILES string of the molecule is CCCNc1cnn(CCCC(=O)N(C)C)c(=O)c1. The van der Waals surface area contributed by atoms with Crippen molar-refractivity contribution < 1.29 is 4.79 Å². The van der Waals surface area contributed by atoms with Crippen molar-refractivity contribution in [3.05, 3.63) is 22.6 Å². The molecular formula is C13H22N4O2. The molecule has 6 nitrogen and oxygen atoms in total. The maximum Gasteiger partial charge on any atom is 0.268 e. The lowest BCUT2D eigenvalue weighted by Gasteiger charge is -2.10. The fourth-order valence-corrected chi connectivity index (χ4v) is 1.57. The molecule has 1 rings (SSSR count). The number of rotatable bonds is 7. The van der Waals surface area contributed by atoms with Gasteiger partial charge in [0.15, 0.2) is 0 Å². The first-order valence-electron chi connectivity index (χ1n) is 6.55. The van der Waals surface area contributed by atoms with E-state index in [0.29, 0.717) is 19.4 Å². The van der Waals surface area contributed by atoms with Gasteiger partial charge >= 0.3 is 0 Å². The summed E-state index contributed by atoms with van der Waals surface area (Å²) in [7, 11) is 3.45. The summed E-state index contributed by atoms with van der Waals surface area (Å²) in [4.78, 5) is 24.7. The molecule has 0 bridgehead atoms. The molecule has 0 unspecified atom stereocenters. The Labute approximate surface area is 113 Å². The number of nitrogens with one attached hydrogen (secondary N) is 1. The van der Waals surface area contributed by atoms with Crippen molar-refractivity contribution in [2.45, 2.75) is 32.7 Å². The minimum Gasteiger partial charge on any atom is -0.384 e. The number of nitrogens with zero attached hydrogens (tertiary/aromatic N) is 3. The molecule has 1 heterocycles. The fourth-order valence-electron chi connectivity index (χ4n) is 1.57. The second-order valence-electron chi connectivity index (χ2n) is 4.62. The first-order valence-corrected chi connectivity index (χ1v) is 6.55. The van der Waals surface area contributed by atoms with Crippen LogP contribution in [0.15, 0.2) is 17.1 Å².